The smallest absolute Gasteiger partial charge is 0.310 e. The van der Waals surface area contributed by atoms with Gasteiger partial charge in [0.05, 0.1) is 6.33 Å². The monoisotopic (exact) mass is 260 g/mol. The molecule has 3 fully saturated rings. The van der Waals surface area contributed by atoms with Gasteiger partial charge in [-0.15, -0.1) is 0 Å². The number of H-pyrrole nitrogens is 2. The zero-order valence-electron chi connectivity index (χ0n) is 10.6. The summed E-state index contributed by atoms with van der Waals surface area (Å²) in [4.78, 5) is 32.4. The molecule has 6 nitrogen and oxygen atoms in total. The van der Waals surface area contributed by atoms with Crippen LogP contribution in [0.1, 0.15) is 38.5 Å². The summed E-state index contributed by atoms with van der Waals surface area (Å²) in [6.45, 7) is 0. The highest BCUT2D eigenvalue weighted by Crippen LogP contribution is 2.49. The van der Waals surface area contributed by atoms with Crippen molar-refractivity contribution >= 4 is 11.2 Å². The summed E-state index contributed by atoms with van der Waals surface area (Å²) in [5.74, 6) is 0.874. The van der Waals surface area contributed by atoms with Gasteiger partial charge in [0, 0.05) is 5.54 Å². The van der Waals surface area contributed by atoms with Crippen molar-refractivity contribution in [1.82, 2.24) is 19.5 Å². The zero-order valence-corrected chi connectivity index (χ0v) is 10.6. The molecule has 0 unspecified atom stereocenters. The molecule has 2 bridgehead atoms. The Morgan fingerprint density at radius 1 is 1.16 bits per heavy atom. The van der Waals surface area contributed by atoms with Gasteiger partial charge in [-0.1, -0.05) is 0 Å². The van der Waals surface area contributed by atoms with E-state index in [-0.39, 0.29) is 5.54 Å². The van der Waals surface area contributed by atoms with Crippen LogP contribution in [0, 0.1) is 5.92 Å². The predicted molar refractivity (Wildman–Crippen MR) is 70.1 cm³/mol. The van der Waals surface area contributed by atoms with E-state index in [1.165, 1.54) is 19.3 Å². The van der Waals surface area contributed by atoms with Crippen LogP contribution in [0.2, 0.25) is 0 Å². The first kappa shape index (κ1) is 11.0. The molecule has 3 saturated carbocycles. The Kier molecular flexibility index (Phi) is 2.08. The minimum absolute atomic E-state index is 0.0558. The maximum Gasteiger partial charge on any atom is 0.327 e. The van der Waals surface area contributed by atoms with Gasteiger partial charge in [0.2, 0.25) is 0 Å². The molecule has 0 amide bonds. The lowest BCUT2D eigenvalue weighted by Gasteiger charge is -2.47. The first-order valence-corrected chi connectivity index (χ1v) is 6.88. The largest absolute Gasteiger partial charge is 0.327 e. The van der Waals surface area contributed by atoms with Gasteiger partial charge in [-0.25, -0.2) is 9.78 Å². The molecule has 0 radical (unpaired) electrons. The van der Waals surface area contributed by atoms with E-state index in [9.17, 15) is 9.59 Å². The average molecular weight is 260 g/mol. The van der Waals surface area contributed by atoms with Gasteiger partial charge in [-0.2, -0.15) is 0 Å². The van der Waals surface area contributed by atoms with Gasteiger partial charge in [0.15, 0.2) is 5.52 Å². The zero-order chi connectivity index (χ0) is 13.0. The molecular weight excluding hydrogens is 244 g/mol. The summed E-state index contributed by atoms with van der Waals surface area (Å²) in [7, 11) is 0. The van der Waals surface area contributed by atoms with Crippen molar-refractivity contribution in [2.75, 3.05) is 0 Å². The lowest BCUT2D eigenvalue weighted by Crippen LogP contribution is -2.42. The van der Waals surface area contributed by atoms with Crippen LogP contribution in [0.5, 0.6) is 0 Å². The summed E-state index contributed by atoms with van der Waals surface area (Å²) in [6, 6.07) is 0. The Morgan fingerprint density at radius 2 is 1.84 bits per heavy atom. The van der Waals surface area contributed by atoms with E-state index in [0.29, 0.717) is 11.2 Å². The number of aromatic amines is 2. The van der Waals surface area contributed by atoms with Crippen LogP contribution in [0.15, 0.2) is 15.9 Å². The first-order valence-electron chi connectivity index (χ1n) is 6.88. The summed E-state index contributed by atoms with van der Waals surface area (Å²) < 4.78 is 2.05. The summed E-state index contributed by atoms with van der Waals surface area (Å²) >= 11 is 0. The second-order valence-electron chi connectivity index (χ2n) is 5.93. The third kappa shape index (κ3) is 1.45. The third-order valence-corrected chi connectivity index (χ3v) is 5.01. The second-order valence-corrected chi connectivity index (χ2v) is 5.93. The molecule has 2 aromatic rings. The fourth-order valence-electron chi connectivity index (χ4n) is 3.88. The van der Waals surface area contributed by atoms with E-state index < -0.39 is 11.2 Å². The van der Waals surface area contributed by atoms with E-state index in [0.717, 1.165) is 25.2 Å². The van der Waals surface area contributed by atoms with Crippen molar-refractivity contribution in [1.29, 1.82) is 0 Å². The highest BCUT2D eigenvalue weighted by Gasteiger charge is 2.42. The minimum Gasteiger partial charge on any atom is -0.310 e. The van der Waals surface area contributed by atoms with Crippen molar-refractivity contribution in [2.45, 2.75) is 44.1 Å². The van der Waals surface area contributed by atoms with Crippen LogP contribution in [0.4, 0.5) is 0 Å². The SMILES string of the molecule is O=c1[nH]c(=O)c2ncn(C34CCC(CC3)CC4)c2[nH]1. The van der Waals surface area contributed by atoms with Gasteiger partial charge >= 0.3 is 5.69 Å². The summed E-state index contributed by atoms with van der Waals surface area (Å²) in [6.07, 6.45) is 8.82. The molecule has 2 aromatic heterocycles. The van der Waals surface area contributed by atoms with Gasteiger partial charge in [-0.3, -0.25) is 14.8 Å². The number of imidazole rings is 1. The number of fused-ring (bicyclic) bond motifs is 4. The second kappa shape index (κ2) is 3.59. The molecule has 5 rings (SSSR count). The predicted octanol–water partition coefficient (Wildman–Crippen LogP) is 1.09. The molecule has 0 saturated heterocycles. The van der Waals surface area contributed by atoms with E-state index in [1.807, 2.05) is 4.57 Å². The number of nitrogens with one attached hydrogen (secondary N) is 2. The third-order valence-electron chi connectivity index (χ3n) is 5.01. The molecule has 3 aliphatic carbocycles. The van der Waals surface area contributed by atoms with Crippen LogP contribution in [-0.2, 0) is 5.54 Å². The number of rotatable bonds is 1. The molecule has 0 spiro atoms. The molecule has 2 heterocycles. The Hall–Kier alpha value is -1.85. The van der Waals surface area contributed by atoms with Crippen molar-refractivity contribution in [2.24, 2.45) is 5.92 Å². The van der Waals surface area contributed by atoms with Crippen LogP contribution in [-0.4, -0.2) is 19.5 Å². The van der Waals surface area contributed by atoms with Crippen LogP contribution < -0.4 is 11.2 Å². The van der Waals surface area contributed by atoms with E-state index in [4.69, 9.17) is 0 Å². The maximum atomic E-state index is 11.7. The molecule has 19 heavy (non-hydrogen) atoms. The topological polar surface area (TPSA) is 83.5 Å². The fourth-order valence-corrected chi connectivity index (χ4v) is 3.88. The van der Waals surface area contributed by atoms with E-state index in [2.05, 4.69) is 15.0 Å². The lowest BCUT2D eigenvalue weighted by molar-refractivity contribution is 0.0772. The standard InChI is InChI=1S/C13H16N4O2/c18-11-9-10(15-12(19)16-11)17(7-14-9)13-4-1-8(2-5-13)3-6-13/h7-8H,1-6H2,(H2,15,16,18,19). The van der Waals surface area contributed by atoms with Gasteiger partial charge in [-0.05, 0) is 44.4 Å². The van der Waals surface area contributed by atoms with Crippen molar-refractivity contribution in [3.63, 3.8) is 0 Å². The van der Waals surface area contributed by atoms with Crippen molar-refractivity contribution < 1.29 is 0 Å². The molecule has 6 heteroatoms. The fraction of sp³-hybridized carbons (Fsp3) is 0.615. The van der Waals surface area contributed by atoms with Crippen molar-refractivity contribution in [3.05, 3.63) is 27.2 Å². The molecule has 3 aliphatic rings. The number of nitrogens with zero attached hydrogens (tertiary/aromatic N) is 2. The molecule has 0 atom stereocenters. The summed E-state index contributed by atoms with van der Waals surface area (Å²) in [5, 5.41) is 0. The average Bonchev–Trinajstić information content (AvgIpc) is 2.85. The number of aromatic nitrogens is 4. The number of hydrogen-bond acceptors (Lipinski definition) is 3. The Bertz CT molecular complexity index is 732. The number of hydrogen-bond donors (Lipinski definition) is 2. The molecule has 0 aromatic carbocycles. The van der Waals surface area contributed by atoms with Crippen LogP contribution in [0.3, 0.4) is 0 Å². The highest BCUT2D eigenvalue weighted by atomic mass is 16.2. The van der Waals surface area contributed by atoms with Crippen molar-refractivity contribution in [3.8, 4) is 0 Å². The quantitative estimate of drug-likeness (QED) is 0.805. The minimum atomic E-state index is -0.458. The molecule has 2 N–H and O–H groups in total. The Labute approximate surface area is 108 Å². The molecule has 100 valence electrons. The van der Waals surface area contributed by atoms with Gasteiger partial charge in [0.25, 0.3) is 5.56 Å². The van der Waals surface area contributed by atoms with E-state index in [1.54, 1.807) is 6.33 Å². The van der Waals surface area contributed by atoms with E-state index >= 15 is 0 Å². The van der Waals surface area contributed by atoms with Crippen LogP contribution >= 0.6 is 0 Å². The normalized spacial score (nSPS) is 30.0. The van der Waals surface area contributed by atoms with Crippen LogP contribution in [0.25, 0.3) is 11.2 Å². The summed E-state index contributed by atoms with van der Waals surface area (Å²) in [5.41, 5.74) is 0.106. The van der Waals surface area contributed by atoms with Gasteiger partial charge in [0.1, 0.15) is 5.65 Å². The first-order chi connectivity index (χ1) is 9.18. The maximum absolute atomic E-state index is 11.7. The highest BCUT2D eigenvalue weighted by molar-refractivity contribution is 5.69. The lowest BCUT2D eigenvalue weighted by atomic mass is 9.65. The molecular formula is C13H16N4O2. The Morgan fingerprint density at radius 3 is 2.53 bits per heavy atom. The Balaban J connectivity index is 1.96. The molecule has 0 aliphatic heterocycles. The van der Waals surface area contributed by atoms with Gasteiger partial charge < -0.3 is 4.57 Å².